The number of anilines is 2. The highest BCUT2D eigenvalue weighted by Gasteiger charge is 2.17. The number of nitrogens with zero attached hydrogens (tertiary/aromatic N) is 2. The molecule has 0 aliphatic heterocycles. The number of carbonyl (C=O) groups is 1. The Labute approximate surface area is 117 Å². The van der Waals surface area contributed by atoms with E-state index >= 15 is 0 Å². The molecule has 20 heavy (non-hydrogen) atoms. The van der Waals surface area contributed by atoms with Gasteiger partial charge in [0.15, 0.2) is 5.13 Å². The van der Waals surface area contributed by atoms with Crippen molar-refractivity contribution in [2.45, 2.75) is 6.92 Å². The number of phenolic OH excluding ortho intramolecular Hbond substituents is 1. The summed E-state index contributed by atoms with van der Waals surface area (Å²) in [4.78, 5) is 26.2. The minimum absolute atomic E-state index is 0.0458. The molecule has 0 fully saturated rings. The van der Waals surface area contributed by atoms with Crippen LogP contribution in [0.15, 0.2) is 18.2 Å². The van der Waals surface area contributed by atoms with Crippen molar-refractivity contribution in [2.75, 3.05) is 11.1 Å². The van der Waals surface area contributed by atoms with Gasteiger partial charge in [0.05, 0.1) is 16.3 Å². The second kappa shape index (κ2) is 5.13. The average molecular weight is 294 g/mol. The maximum Gasteiger partial charge on any atom is 0.271 e. The van der Waals surface area contributed by atoms with E-state index in [2.05, 4.69) is 10.3 Å². The Balaban J connectivity index is 2.30. The molecule has 104 valence electrons. The van der Waals surface area contributed by atoms with Crippen LogP contribution in [0.3, 0.4) is 0 Å². The number of nitro groups is 1. The van der Waals surface area contributed by atoms with Crippen molar-refractivity contribution >= 4 is 33.8 Å². The number of thiazole rings is 1. The zero-order valence-electron chi connectivity index (χ0n) is 10.3. The Bertz CT molecular complexity index is 698. The molecule has 0 unspecified atom stereocenters. The predicted molar refractivity (Wildman–Crippen MR) is 74.0 cm³/mol. The van der Waals surface area contributed by atoms with Gasteiger partial charge in [-0.1, -0.05) is 11.3 Å². The van der Waals surface area contributed by atoms with Crippen LogP contribution in [0.4, 0.5) is 16.5 Å². The number of benzene rings is 1. The fraction of sp³-hybridized carbons (Fsp3) is 0.0909. The molecule has 2 rings (SSSR count). The normalized spacial score (nSPS) is 10.2. The van der Waals surface area contributed by atoms with E-state index in [0.717, 1.165) is 29.5 Å². The van der Waals surface area contributed by atoms with E-state index in [1.54, 1.807) is 6.92 Å². The van der Waals surface area contributed by atoms with Crippen LogP contribution in [-0.2, 0) is 0 Å². The molecule has 1 heterocycles. The summed E-state index contributed by atoms with van der Waals surface area (Å²) < 4.78 is 0. The van der Waals surface area contributed by atoms with E-state index in [1.165, 1.54) is 0 Å². The number of nitro benzene ring substituents is 1. The van der Waals surface area contributed by atoms with E-state index < -0.39 is 10.8 Å². The van der Waals surface area contributed by atoms with Crippen molar-refractivity contribution in [3.05, 3.63) is 38.9 Å². The van der Waals surface area contributed by atoms with E-state index in [1.807, 2.05) is 0 Å². The maximum absolute atomic E-state index is 12.0. The summed E-state index contributed by atoms with van der Waals surface area (Å²) in [6.45, 7) is 1.62. The van der Waals surface area contributed by atoms with Gasteiger partial charge in [0.25, 0.3) is 11.6 Å². The second-order valence-electron chi connectivity index (χ2n) is 3.88. The largest absolute Gasteiger partial charge is 0.506 e. The molecule has 0 radical (unpaired) electrons. The van der Waals surface area contributed by atoms with Crippen molar-refractivity contribution in [3.8, 4) is 5.75 Å². The van der Waals surface area contributed by atoms with E-state index in [-0.39, 0.29) is 27.1 Å². The smallest absolute Gasteiger partial charge is 0.271 e. The van der Waals surface area contributed by atoms with Crippen molar-refractivity contribution in [2.24, 2.45) is 0 Å². The number of aromatic hydroxyl groups is 1. The topological polar surface area (TPSA) is 131 Å². The van der Waals surface area contributed by atoms with E-state index in [4.69, 9.17) is 5.73 Å². The Kier molecular flexibility index (Phi) is 3.53. The van der Waals surface area contributed by atoms with Gasteiger partial charge in [-0.05, 0) is 13.0 Å². The lowest BCUT2D eigenvalue weighted by atomic mass is 10.2. The lowest BCUT2D eigenvalue weighted by Gasteiger charge is -2.06. The number of amides is 1. The van der Waals surface area contributed by atoms with Crippen molar-refractivity contribution < 1.29 is 14.8 Å². The van der Waals surface area contributed by atoms with Gasteiger partial charge >= 0.3 is 0 Å². The van der Waals surface area contributed by atoms with Gasteiger partial charge < -0.3 is 16.2 Å². The second-order valence-corrected chi connectivity index (χ2v) is 4.91. The Morgan fingerprint density at radius 2 is 2.25 bits per heavy atom. The van der Waals surface area contributed by atoms with Crippen LogP contribution in [0.2, 0.25) is 0 Å². The number of hydrogen-bond donors (Lipinski definition) is 3. The van der Waals surface area contributed by atoms with Crippen LogP contribution in [0.5, 0.6) is 5.75 Å². The van der Waals surface area contributed by atoms with Crippen molar-refractivity contribution in [1.29, 1.82) is 0 Å². The number of phenols is 1. The molecule has 0 bridgehead atoms. The first-order valence-corrected chi connectivity index (χ1v) is 6.22. The molecule has 1 aromatic carbocycles. The van der Waals surface area contributed by atoms with Crippen LogP contribution in [0, 0.1) is 17.0 Å². The summed E-state index contributed by atoms with van der Waals surface area (Å²) in [5, 5.41) is 22.9. The molecule has 4 N–H and O–H groups in total. The SMILES string of the molecule is Cc1nc(N)sc1C(=O)Nc1cc([N+](=O)[O-])ccc1O. The quantitative estimate of drug-likeness (QED) is 0.450. The number of aryl methyl sites for hydroxylation is 1. The lowest BCUT2D eigenvalue weighted by Crippen LogP contribution is -2.11. The number of nitrogens with two attached hydrogens (primary N) is 1. The summed E-state index contributed by atoms with van der Waals surface area (Å²) >= 11 is 0.997. The molecule has 2 aromatic rings. The van der Waals surface area contributed by atoms with Crippen LogP contribution in [0.25, 0.3) is 0 Å². The molecule has 0 aliphatic rings. The van der Waals surface area contributed by atoms with Crippen LogP contribution in [0.1, 0.15) is 15.4 Å². The summed E-state index contributed by atoms with van der Waals surface area (Å²) in [5.41, 5.74) is 5.66. The molecule has 0 saturated heterocycles. The van der Waals surface area contributed by atoms with Crippen LogP contribution < -0.4 is 11.1 Å². The molecule has 9 heteroatoms. The third-order valence-corrected chi connectivity index (χ3v) is 3.44. The predicted octanol–water partition coefficient (Wildman–Crippen LogP) is 1.90. The zero-order chi connectivity index (χ0) is 14.9. The Hall–Kier alpha value is -2.68. The standard InChI is InChI=1S/C11H10N4O4S/c1-5-9(20-11(12)13-5)10(17)14-7-4-6(15(18)19)2-3-8(7)16/h2-4,16H,1H3,(H2,12,13)(H,14,17). The molecule has 0 atom stereocenters. The number of hydrogen-bond acceptors (Lipinski definition) is 7. The highest BCUT2D eigenvalue weighted by molar-refractivity contribution is 7.17. The molecule has 1 amide bonds. The minimum Gasteiger partial charge on any atom is -0.506 e. The molecule has 1 aromatic heterocycles. The number of rotatable bonds is 3. The number of nitrogens with one attached hydrogen (secondary N) is 1. The molecule has 8 nitrogen and oxygen atoms in total. The number of aromatic nitrogens is 1. The van der Waals surface area contributed by atoms with Crippen LogP contribution in [-0.4, -0.2) is 20.9 Å². The highest BCUT2D eigenvalue weighted by atomic mass is 32.1. The Morgan fingerprint density at radius 1 is 1.55 bits per heavy atom. The van der Waals surface area contributed by atoms with Gasteiger partial charge in [-0.25, -0.2) is 4.98 Å². The fourth-order valence-electron chi connectivity index (χ4n) is 1.54. The van der Waals surface area contributed by atoms with Gasteiger partial charge in [0.1, 0.15) is 10.6 Å². The first-order chi connectivity index (χ1) is 9.38. The monoisotopic (exact) mass is 294 g/mol. The molecule has 0 saturated carbocycles. The summed E-state index contributed by atoms with van der Waals surface area (Å²) in [6, 6.07) is 3.36. The first kappa shape index (κ1) is 13.7. The summed E-state index contributed by atoms with van der Waals surface area (Å²) in [6.07, 6.45) is 0. The minimum atomic E-state index is -0.620. The molecular formula is C11H10N4O4S. The third-order valence-electron chi connectivity index (χ3n) is 2.46. The maximum atomic E-state index is 12.0. The molecule has 0 spiro atoms. The van der Waals surface area contributed by atoms with E-state index in [9.17, 15) is 20.0 Å². The fourth-order valence-corrected chi connectivity index (χ4v) is 2.27. The lowest BCUT2D eigenvalue weighted by molar-refractivity contribution is -0.384. The van der Waals surface area contributed by atoms with Gasteiger partial charge in [0.2, 0.25) is 0 Å². The summed E-state index contributed by atoms with van der Waals surface area (Å²) in [7, 11) is 0. The number of carbonyl (C=O) groups excluding carboxylic acids is 1. The van der Waals surface area contributed by atoms with Gasteiger partial charge in [0, 0.05) is 12.1 Å². The van der Waals surface area contributed by atoms with E-state index in [0.29, 0.717) is 5.69 Å². The van der Waals surface area contributed by atoms with Crippen LogP contribution >= 0.6 is 11.3 Å². The van der Waals surface area contributed by atoms with Crippen molar-refractivity contribution in [3.63, 3.8) is 0 Å². The van der Waals surface area contributed by atoms with Gasteiger partial charge in [-0.2, -0.15) is 0 Å². The van der Waals surface area contributed by atoms with Crippen molar-refractivity contribution in [1.82, 2.24) is 4.98 Å². The third kappa shape index (κ3) is 2.67. The Morgan fingerprint density at radius 3 is 2.80 bits per heavy atom. The molecular weight excluding hydrogens is 284 g/mol. The highest BCUT2D eigenvalue weighted by Crippen LogP contribution is 2.29. The van der Waals surface area contributed by atoms with Gasteiger partial charge in [-0.15, -0.1) is 0 Å². The number of non-ortho nitro benzene ring substituents is 1. The van der Waals surface area contributed by atoms with Gasteiger partial charge in [-0.3, -0.25) is 14.9 Å². The first-order valence-electron chi connectivity index (χ1n) is 5.40. The summed E-state index contributed by atoms with van der Waals surface area (Å²) in [5.74, 6) is -0.799. The molecule has 0 aliphatic carbocycles. The average Bonchev–Trinajstić information content (AvgIpc) is 2.71. The number of nitrogen functional groups attached to an aromatic ring is 1. The zero-order valence-corrected chi connectivity index (χ0v) is 11.1.